The number of hydrazone groups is 1. The highest BCUT2D eigenvalue weighted by Crippen LogP contribution is 2.23. The molecule has 31 heavy (non-hydrogen) atoms. The summed E-state index contributed by atoms with van der Waals surface area (Å²) in [5.41, 5.74) is 4.39. The number of carbonyl (C=O) groups excluding carboxylic acids is 1. The molecule has 0 fully saturated rings. The van der Waals surface area contributed by atoms with Crippen LogP contribution in [0.25, 0.3) is 10.9 Å². The van der Waals surface area contributed by atoms with Gasteiger partial charge >= 0.3 is 5.97 Å². The monoisotopic (exact) mass is 455 g/mol. The fourth-order valence-corrected chi connectivity index (χ4v) is 3.64. The SMILES string of the molecule is O=C(O)c1ccc(Cn2cc(/C=N\NC(=O)c3ccc(Cl)cc3Cl)c3ccccc32)o1. The largest absolute Gasteiger partial charge is 0.475 e. The van der Waals surface area contributed by atoms with Crippen molar-refractivity contribution in [3.8, 4) is 0 Å². The second-order valence-corrected chi connectivity index (χ2v) is 7.47. The third-order valence-electron chi connectivity index (χ3n) is 4.56. The summed E-state index contributed by atoms with van der Waals surface area (Å²) in [4.78, 5) is 23.3. The van der Waals surface area contributed by atoms with Gasteiger partial charge < -0.3 is 14.1 Å². The van der Waals surface area contributed by atoms with Crippen molar-refractivity contribution in [2.45, 2.75) is 6.54 Å². The lowest BCUT2D eigenvalue weighted by molar-refractivity contribution is 0.0660. The van der Waals surface area contributed by atoms with Gasteiger partial charge in [-0.3, -0.25) is 4.79 Å². The normalized spacial score (nSPS) is 11.3. The van der Waals surface area contributed by atoms with Gasteiger partial charge in [0.2, 0.25) is 5.76 Å². The second kappa shape index (κ2) is 8.67. The highest BCUT2D eigenvalue weighted by molar-refractivity contribution is 6.36. The zero-order valence-electron chi connectivity index (χ0n) is 15.9. The van der Waals surface area contributed by atoms with E-state index < -0.39 is 11.9 Å². The lowest BCUT2D eigenvalue weighted by atomic mass is 10.2. The molecule has 0 spiro atoms. The summed E-state index contributed by atoms with van der Waals surface area (Å²) in [6.07, 6.45) is 3.38. The quantitative estimate of drug-likeness (QED) is 0.313. The molecule has 0 saturated carbocycles. The van der Waals surface area contributed by atoms with Crippen LogP contribution in [0.3, 0.4) is 0 Å². The Balaban J connectivity index is 1.56. The first kappa shape index (κ1) is 20.7. The summed E-state index contributed by atoms with van der Waals surface area (Å²) in [6, 6.07) is 15.3. The van der Waals surface area contributed by atoms with Gasteiger partial charge in [0.15, 0.2) is 0 Å². The maximum Gasteiger partial charge on any atom is 0.371 e. The van der Waals surface area contributed by atoms with E-state index in [1.54, 1.807) is 12.1 Å². The smallest absolute Gasteiger partial charge is 0.371 e. The van der Waals surface area contributed by atoms with Crippen molar-refractivity contribution < 1.29 is 19.1 Å². The highest BCUT2D eigenvalue weighted by atomic mass is 35.5. The van der Waals surface area contributed by atoms with Crippen LogP contribution >= 0.6 is 23.2 Å². The molecule has 0 radical (unpaired) electrons. The second-order valence-electron chi connectivity index (χ2n) is 6.62. The number of amides is 1. The predicted molar refractivity (Wildman–Crippen MR) is 118 cm³/mol. The van der Waals surface area contributed by atoms with Gasteiger partial charge in [0.1, 0.15) is 5.76 Å². The fraction of sp³-hybridized carbons (Fsp3) is 0.0455. The van der Waals surface area contributed by atoms with E-state index >= 15 is 0 Å². The Morgan fingerprint density at radius 2 is 1.94 bits per heavy atom. The maximum absolute atomic E-state index is 12.3. The van der Waals surface area contributed by atoms with Crippen LogP contribution in [0.1, 0.15) is 32.2 Å². The molecule has 4 rings (SSSR count). The number of hydrogen-bond acceptors (Lipinski definition) is 4. The molecule has 0 aliphatic rings. The van der Waals surface area contributed by atoms with Crippen LogP contribution in [0.5, 0.6) is 0 Å². The zero-order chi connectivity index (χ0) is 22.0. The molecule has 2 aromatic carbocycles. The first-order valence-corrected chi connectivity index (χ1v) is 9.86. The Morgan fingerprint density at radius 1 is 1.13 bits per heavy atom. The molecule has 0 unspecified atom stereocenters. The summed E-state index contributed by atoms with van der Waals surface area (Å²) >= 11 is 11.9. The number of furan rings is 1. The van der Waals surface area contributed by atoms with E-state index in [4.69, 9.17) is 32.7 Å². The number of aromatic nitrogens is 1. The number of aromatic carboxylic acids is 1. The van der Waals surface area contributed by atoms with Gasteiger partial charge in [-0.25, -0.2) is 10.2 Å². The Labute approximate surface area is 186 Å². The molecule has 9 heteroatoms. The van der Waals surface area contributed by atoms with Crippen LogP contribution in [0.4, 0.5) is 0 Å². The van der Waals surface area contributed by atoms with Gasteiger partial charge in [0, 0.05) is 27.7 Å². The van der Waals surface area contributed by atoms with E-state index in [0.717, 1.165) is 16.5 Å². The Bertz CT molecular complexity index is 1320. The number of nitrogens with one attached hydrogen (secondary N) is 1. The topological polar surface area (TPSA) is 96.8 Å². The Hall–Kier alpha value is -3.55. The van der Waals surface area contributed by atoms with Crippen molar-refractivity contribution in [3.05, 3.63) is 93.5 Å². The van der Waals surface area contributed by atoms with Gasteiger partial charge in [0.25, 0.3) is 5.91 Å². The molecule has 4 aromatic rings. The summed E-state index contributed by atoms with van der Waals surface area (Å²) in [5.74, 6) is -1.18. The van der Waals surface area contributed by atoms with E-state index in [9.17, 15) is 9.59 Å². The van der Waals surface area contributed by atoms with Crippen LogP contribution in [-0.4, -0.2) is 27.8 Å². The van der Waals surface area contributed by atoms with Crippen molar-refractivity contribution in [1.29, 1.82) is 0 Å². The minimum absolute atomic E-state index is 0.114. The van der Waals surface area contributed by atoms with Crippen molar-refractivity contribution in [1.82, 2.24) is 9.99 Å². The summed E-state index contributed by atoms with van der Waals surface area (Å²) < 4.78 is 7.27. The molecule has 0 aliphatic heterocycles. The lowest BCUT2D eigenvalue weighted by Crippen LogP contribution is -2.18. The number of fused-ring (bicyclic) bond motifs is 1. The number of para-hydroxylation sites is 1. The molecule has 2 N–H and O–H groups in total. The number of hydrogen-bond donors (Lipinski definition) is 2. The molecule has 1 amide bonds. The lowest BCUT2D eigenvalue weighted by Gasteiger charge is -2.02. The predicted octanol–water partition coefficient (Wildman–Crippen LogP) is 5.05. The first-order chi connectivity index (χ1) is 14.9. The van der Waals surface area contributed by atoms with Gasteiger partial charge in [0.05, 0.1) is 23.3 Å². The van der Waals surface area contributed by atoms with Crippen molar-refractivity contribution in [2.24, 2.45) is 5.10 Å². The van der Waals surface area contributed by atoms with Gasteiger partial charge in [-0.05, 0) is 36.4 Å². The average molecular weight is 456 g/mol. The average Bonchev–Trinajstić information content (AvgIpc) is 3.34. The molecule has 2 aromatic heterocycles. The highest BCUT2D eigenvalue weighted by Gasteiger charge is 2.13. The first-order valence-electron chi connectivity index (χ1n) is 9.10. The molecule has 0 aliphatic carbocycles. The number of nitrogens with zero attached hydrogens (tertiary/aromatic N) is 2. The van der Waals surface area contributed by atoms with E-state index in [1.165, 1.54) is 24.4 Å². The van der Waals surface area contributed by atoms with Crippen LogP contribution in [0, 0.1) is 0 Å². The molecule has 0 saturated heterocycles. The van der Waals surface area contributed by atoms with Gasteiger partial charge in [-0.15, -0.1) is 0 Å². The summed E-state index contributed by atoms with van der Waals surface area (Å²) in [5, 5.41) is 14.7. The zero-order valence-corrected chi connectivity index (χ0v) is 17.4. The molecule has 156 valence electrons. The number of carbonyl (C=O) groups is 2. The minimum atomic E-state index is -1.12. The van der Waals surface area contributed by atoms with E-state index in [1.807, 2.05) is 35.0 Å². The van der Waals surface area contributed by atoms with Gasteiger partial charge in [-0.1, -0.05) is 41.4 Å². The van der Waals surface area contributed by atoms with Gasteiger partial charge in [-0.2, -0.15) is 5.10 Å². The van der Waals surface area contributed by atoms with Crippen LogP contribution in [0.15, 0.2) is 70.3 Å². The number of benzene rings is 2. The number of rotatable bonds is 6. The molecule has 0 atom stereocenters. The minimum Gasteiger partial charge on any atom is -0.475 e. The Morgan fingerprint density at radius 3 is 2.68 bits per heavy atom. The van der Waals surface area contributed by atoms with Crippen LogP contribution in [0.2, 0.25) is 10.0 Å². The van der Waals surface area contributed by atoms with E-state index in [0.29, 0.717) is 17.3 Å². The molecule has 2 heterocycles. The Kier molecular flexibility index (Phi) is 5.79. The number of carboxylic acids is 1. The van der Waals surface area contributed by atoms with Crippen molar-refractivity contribution in [3.63, 3.8) is 0 Å². The summed E-state index contributed by atoms with van der Waals surface area (Å²) in [6.45, 7) is 0.342. The molecular formula is C22H15Cl2N3O4. The van der Waals surface area contributed by atoms with Crippen molar-refractivity contribution >= 4 is 52.2 Å². The van der Waals surface area contributed by atoms with Crippen LogP contribution < -0.4 is 5.43 Å². The number of carboxylic acid groups (broad SMARTS) is 1. The summed E-state index contributed by atoms with van der Waals surface area (Å²) in [7, 11) is 0. The maximum atomic E-state index is 12.3. The third kappa shape index (κ3) is 4.47. The number of halogens is 2. The van der Waals surface area contributed by atoms with E-state index in [2.05, 4.69) is 10.5 Å². The van der Waals surface area contributed by atoms with Crippen LogP contribution in [-0.2, 0) is 6.54 Å². The van der Waals surface area contributed by atoms with E-state index in [-0.39, 0.29) is 16.3 Å². The molecular weight excluding hydrogens is 441 g/mol. The molecule has 7 nitrogen and oxygen atoms in total. The fourth-order valence-electron chi connectivity index (χ4n) is 3.15. The standard InChI is InChI=1S/C22H15Cl2N3O4/c23-14-5-7-17(18(24)9-14)21(28)26-25-10-13-11-27(19-4-2-1-3-16(13)19)12-15-6-8-20(31-15)22(29)30/h1-11H,12H2,(H,26,28)(H,29,30)/b25-10-. The third-order valence-corrected chi connectivity index (χ3v) is 5.11. The van der Waals surface area contributed by atoms with Crippen molar-refractivity contribution in [2.75, 3.05) is 0 Å². The molecule has 0 bridgehead atoms.